The van der Waals surface area contributed by atoms with Crippen molar-refractivity contribution in [2.75, 3.05) is 26.5 Å². The number of piperidine rings is 1. The van der Waals surface area contributed by atoms with Crippen LogP contribution in [0.15, 0.2) is 52.3 Å². The summed E-state index contributed by atoms with van der Waals surface area (Å²) < 4.78 is 33.5. The molecule has 3 rings (SSSR count). The number of carbonyl (C=O) groups excluding carboxylic acids is 1. The minimum atomic E-state index is -3.76. The van der Waals surface area contributed by atoms with Gasteiger partial charge < -0.3 is 9.64 Å². The molecule has 0 aromatic heterocycles. The molecular weight excluding hydrogens is 408 g/mol. The fourth-order valence-corrected chi connectivity index (χ4v) is 4.95. The van der Waals surface area contributed by atoms with Crippen molar-refractivity contribution in [3.8, 4) is 5.75 Å². The highest BCUT2D eigenvalue weighted by Gasteiger charge is 2.23. The van der Waals surface area contributed by atoms with Crippen LogP contribution in [0.4, 0.5) is 0 Å². The normalized spacial score (nSPS) is 14.6. The molecule has 29 heavy (non-hydrogen) atoms. The summed E-state index contributed by atoms with van der Waals surface area (Å²) in [5.74, 6) is 0.569. The van der Waals surface area contributed by atoms with Gasteiger partial charge in [-0.05, 0) is 61.4 Å². The van der Waals surface area contributed by atoms with Gasteiger partial charge in [-0.3, -0.25) is 4.79 Å². The number of hydrogen-bond donors (Lipinski definition) is 1. The maximum Gasteiger partial charge on any atom is 0.255 e. The molecule has 8 heteroatoms. The van der Waals surface area contributed by atoms with E-state index in [1.807, 2.05) is 23.3 Å². The average Bonchev–Trinajstić information content (AvgIpc) is 2.77. The van der Waals surface area contributed by atoms with Crippen LogP contribution in [-0.4, -0.2) is 45.7 Å². The molecule has 1 amide bonds. The van der Waals surface area contributed by atoms with Gasteiger partial charge in [0.25, 0.3) is 5.91 Å². The first-order valence-electron chi connectivity index (χ1n) is 9.54. The Balaban J connectivity index is 1.82. The van der Waals surface area contributed by atoms with Crippen LogP contribution in [0.5, 0.6) is 5.75 Å². The van der Waals surface area contributed by atoms with Crippen molar-refractivity contribution in [3.63, 3.8) is 0 Å². The number of sulfonamides is 1. The first kappa shape index (κ1) is 21.7. The second-order valence-corrected chi connectivity index (χ2v) is 9.51. The highest BCUT2D eigenvalue weighted by atomic mass is 32.2. The number of rotatable bonds is 7. The van der Waals surface area contributed by atoms with Crippen molar-refractivity contribution >= 4 is 27.7 Å². The Morgan fingerprint density at radius 2 is 1.90 bits per heavy atom. The number of methoxy groups -OCH3 is 1. The summed E-state index contributed by atoms with van der Waals surface area (Å²) >= 11 is 1.44. The van der Waals surface area contributed by atoms with E-state index >= 15 is 0 Å². The molecule has 1 N–H and O–H groups in total. The third-order valence-electron chi connectivity index (χ3n) is 4.96. The molecule has 1 heterocycles. The standard InChI is InChI=1S/C21H26N2O4S2/c1-27-17-8-6-7-16(13-17)15-22-29(25,26)18-9-10-20(28-2)19(14-18)21(24)23-11-4-3-5-12-23/h6-10,13-14,22H,3-5,11-12,15H2,1-2H3. The van der Waals surface area contributed by atoms with Crippen LogP contribution in [0.3, 0.4) is 0 Å². The Morgan fingerprint density at radius 3 is 2.59 bits per heavy atom. The fourth-order valence-electron chi connectivity index (χ4n) is 3.33. The van der Waals surface area contributed by atoms with Crippen molar-refractivity contribution in [1.82, 2.24) is 9.62 Å². The molecule has 2 aromatic carbocycles. The van der Waals surface area contributed by atoms with E-state index < -0.39 is 10.0 Å². The molecular formula is C21H26N2O4S2. The fraction of sp³-hybridized carbons (Fsp3) is 0.381. The van der Waals surface area contributed by atoms with Crippen molar-refractivity contribution in [3.05, 3.63) is 53.6 Å². The lowest BCUT2D eigenvalue weighted by Gasteiger charge is -2.27. The lowest BCUT2D eigenvalue weighted by Crippen LogP contribution is -2.36. The molecule has 0 unspecified atom stereocenters. The first-order valence-corrected chi connectivity index (χ1v) is 12.3. The van der Waals surface area contributed by atoms with Crippen molar-refractivity contribution in [2.24, 2.45) is 0 Å². The quantitative estimate of drug-likeness (QED) is 0.675. The van der Waals surface area contributed by atoms with E-state index in [2.05, 4.69) is 4.72 Å². The van der Waals surface area contributed by atoms with Gasteiger partial charge >= 0.3 is 0 Å². The summed E-state index contributed by atoms with van der Waals surface area (Å²) in [6.07, 6.45) is 4.99. The van der Waals surface area contributed by atoms with Gasteiger partial charge in [0.15, 0.2) is 0 Å². The monoisotopic (exact) mass is 434 g/mol. The molecule has 0 atom stereocenters. The van der Waals surface area contributed by atoms with Crippen LogP contribution in [0, 0.1) is 0 Å². The molecule has 1 saturated heterocycles. The molecule has 0 saturated carbocycles. The Bertz CT molecular complexity index is 970. The Kier molecular flexibility index (Phi) is 7.21. The summed E-state index contributed by atoms with van der Waals surface area (Å²) in [7, 11) is -2.19. The predicted molar refractivity (Wildman–Crippen MR) is 115 cm³/mol. The number of thioether (sulfide) groups is 1. The van der Waals surface area contributed by atoms with E-state index in [1.165, 1.54) is 17.8 Å². The smallest absolute Gasteiger partial charge is 0.255 e. The predicted octanol–water partition coefficient (Wildman–Crippen LogP) is 3.52. The van der Waals surface area contributed by atoms with Crippen molar-refractivity contribution in [1.29, 1.82) is 0 Å². The highest BCUT2D eigenvalue weighted by Crippen LogP contribution is 2.26. The zero-order chi connectivity index (χ0) is 20.9. The SMILES string of the molecule is COc1cccc(CNS(=O)(=O)c2ccc(SC)c(C(=O)N3CCCCC3)c2)c1. The minimum Gasteiger partial charge on any atom is -0.497 e. The summed E-state index contributed by atoms with van der Waals surface area (Å²) in [6.45, 7) is 1.58. The number of nitrogens with one attached hydrogen (secondary N) is 1. The molecule has 6 nitrogen and oxygen atoms in total. The maximum absolute atomic E-state index is 13.0. The van der Waals surface area contributed by atoms with E-state index in [-0.39, 0.29) is 17.3 Å². The van der Waals surface area contributed by atoms with Gasteiger partial charge in [-0.15, -0.1) is 11.8 Å². The maximum atomic E-state index is 13.0. The van der Waals surface area contributed by atoms with Gasteiger partial charge in [0.1, 0.15) is 5.75 Å². The van der Waals surface area contributed by atoms with Gasteiger partial charge in [0.2, 0.25) is 10.0 Å². The third-order valence-corrected chi connectivity index (χ3v) is 7.15. The molecule has 0 radical (unpaired) electrons. The van der Waals surface area contributed by atoms with Gasteiger partial charge in [-0.1, -0.05) is 12.1 Å². The molecule has 1 fully saturated rings. The number of carbonyl (C=O) groups is 1. The zero-order valence-corrected chi connectivity index (χ0v) is 18.3. The molecule has 0 aliphatic carbocycles. The van der Waals surface area contributed by atoms with Crippen LogP contribution in [-0.2, 0) is 16.6 Å². The Labute approximate surface area is 176 Å². The lowest BCUT2D eigenvalue weighted by atomic mass is 10.1. The van der Waals surface area contributed by atoms with E-state index in [9.17, 15) is 13.2 Å². The van der Waals surface area contributed by atoms with Crippen LogP contribution in [0.2, 0.25) is 0 Å². The number of ether oxygens (including phenoxy) is 1. The zero-order valence-electron chi connectivity index (χ0n) is 16.7. The van der Waals surface area contributed by atoms with Gasteiger partial charge in [0, 0.05) is 24.5 Å². The molecule has 0 spiro atoms. The number of hydrogen-bond acceptors (Lipinski definition) is 5. The molecule has 156 valence electrons. The highest BCUT2D eigenvalue weighted by molar-refractivity contribution is 7.98. The second kappa shape index (κ2) is 9.65. The minimum absolute atomic E-state index is 0.0959. The molecule has 1 aliphatic rings. The third kappa shape index (κ3) is 5.32. The molecule has 2 aromatic rings. The lowest BCUT2D eigenvalue weighted by molar-refractivity contribution is 0.0720. The Hall–Kier alpha value is -2.03. The number of nitrogens with zero attached hydrogens (tertiary/aromatic N) is 1. The molecule has 1 aliphatic heterocycles. The number of benzene rings is 2. The topological polar surface area (TPSA) is 75.7 Å². The molecule has 0 bridgehead atoms. The van der Waals surface area contributed by atoms with Crippen LogP contribution in [0.1, 0.15) is 35.2 Å². The van der Waals surface area contributed by atoms with Gasteiger partial charge in [-0.2, -0.15) is 0 Å². The van der Waals surface area contributed by atoms with Crippen molar-refractivity contribution < 1.29 is 17.9 Å². The van der Waals surface area contributed by atoms with Crippen molar-refractivity contribution in [2.45, 2.75) is 35.6 Å². The number of likely N-dealkylation sites (tertiary alicyclic amines) is 1. The van der Waals surface area contributed by atoms with Crippen LogP contribution in [0.25, 0.3) is 0 Å². The summed E-state index contributed by atoms with van der Waals surface area (Å²) in [6, 6.07) is 12.0. The summed E-state index contributed by atoms with van der Waals surface area (Å²) in [5.41, 5.74) is 1.24. The van der Waals surface area contributed by atoms with E-state index in [0.29, 0.717) is 11.3 Å². The first-order chi connectivity index (χ1) is 13.9. The van der Waals surface area contributed by atoms with Gasteiger partial charge in [-0.25, -0.2) is 13.1 Å². The number of amides is 1. The summed E-state index contributed by atoms with van der Waals surface area (Å²) in [5, 5.41) is 0. The summed E-state index contributed by atoms with van der Waals surface area (Å²) in [4.78, 5) is 15.7. The van der Waals surface area contributed by atoms with E-state index in [1.54, 1.807) is 31.4 Å². The van der Waals surface area contributed by atoms with Crippen LogP contribution < -0.4 is 9.46 Å². The van der Waals surface area contributed by atoms with E-state index in [0.717, 1.165) is 42.8 Å². The second-order valence-electron chi connectivity index (χ2n) is 6.89. The van der Waals surface area contributed by atoms with E-state index in [4.69, 9.17) is 4.74 Å². The largest absolute Gasteiger partial charge is 0.497 e. The van der Waals surface area contributed by atoms with Gasteiger partial charge in [0.05, 0.1) is 17.6 Å². The van der Waals surface area contributed by atoms with Crippen LogP contribution >= 0.6 is 11.8 Å². The Morgan fingerprint density at radius 1 is 1.14 bits per heavy atom. The average molecular weight is 435 g/mol.